The van der Waals surface area contributed by atoms with Gasteiger partial charge < -0.3 is 19.3 Å². The maximum atomic E-state index is 6.02. The van der Waals surface area contributed by atoms with Crippen LogP contribution in [0.15, 0.2) is 46.2 Å². The van der Waals surface area contributed by atoms with Crippen LogP contribution in [0.1, 0.15) is 31.1 Å². The number of benzene rings is 1. The minimum Gasteiger partial charge on any atom is -0.474 e. The lowest BCUT2D eigenvalue weighted by molar-refractivity contribution is 0.153. The Kier molecular flexibility index (Phi) is 5.02. The lowest BCUT2D eigenvalue weighted by atomic mass is 10.1. The molecule has 0 amide bonds. The number of aromatic nitrogens is 2. The number of nitrogens with zero attached hydrogens (tertiary/aromatic N) is 3. The van der Waals surface area contributed by atoms with Crippen LogP contribution in [0, 0.1) is 6.92 Å². The fraction of sp³-hybridized carbons (Fsp3) is 0.350. The van der Waals surface area contributed by atoms with E-state index in [1.165, 1.54) is 6.33 Å². The lowest BCUT2D eigenvalue weighted by Gasteiger charge is -2.23. The average Bonchev–Trinajstić information content (AvgIpc) is 3.14. The van der Waals surface area contributed by atoms with E-state index >= 15 is 0 Å². The van der Waals surface area contributed by atoms with Crippen LogP contribution in [0.4, 0.5) is 0 Å². The fourth-order valence-electron chi connectivity index (χ4n) is 3.02. The topological polar surface area (TPSA) is 81.8 Å². The number of furan rings is 1. The van der Waals surface area contributed by atoms with Gasteiger partial charge in [0.15, 0.2) is 5.76 Å². The Bertz CT molecular complexity index is 928. The molecule has 7 nitrogen and oxygen atoms in total. The summed E-state index contributed by atoms with van der Waals surface area (Å²) in [5.74, 6) is 1.59. The van der Waals surface area contributed by atoms with Crippen LogP contribution in [0.2, 0.25) is 0 Å². The Hall–Kier alpha value is -2.93. The molecule has 1 fully saturated rings. The Balaban J connectivity index is 1.49. The molecule has 4 rings (SSSR count). The summed E-state index contributed by atoms with van der Waals surface area (Å²) in [5.41, 5.74) is 2.18. The summed E-state index contributed by atoms with van der Waals surface area (Å²) in [5, 5.41) is 8.52. The van der Waals surface area contributed by atoms with E-state index in [2.05, 4.69) is 20.4 Å². The molecule has 140 valence electrons. The van der Waals surface area contributed by atoms with Crippen molar-refractivity contribution in [2.24, 2.45) is 5.16 Å². The summed E-state index contributed by atoms with van der Waals surface area (Å²) in [6.07, 6.45) is 3.52. The molecule has 1 saturated heterocycles. The van der Waals surface area contributed by atoms with Crippen molar-refractivity contribution in [1.29, 1.82) is 0 Å². The Morgan fingerprint density at radius 1 is 1.19 bits per heavy atom. The fourth-order valence-corrected chi connectivity index (χ4v) is 3.02. The smallest absolute Gasteiger partial charge is 0.258 e. The third-order valence-electron chi connectivity index (χ3n) is 4.61. The summed E-state index contributed by atoms with van der Waals surface area (Å²) in [6, 6.07) is 9.77. The molecule has 1 aromatic carbocycles. The maximum Gasteiger partial charge on any atom is 0.258 e. The van der Waals surface area contributed by atoms with Crippen molar-refractivity contribution in [3.63, 3.8) is 0 Å². The second-order valence-electron chi connectivity index (χ2n) is 6.59. The second-order valence-corrected chi connectivity index (χ2v) is 6.59. The number of ether oxygens (including phenoxy) is 1. The molecular weight excluding hydrogens is 344 g/mol. The van der Waals surface area contributed by atoms with Crippen LogP contribution in [0.3, 0.4) is 0 Å². The van der Waals surface area contributed by atoms with E-state index in [1.54, 1.807) is 0 Å². The summed E-state index contributed by atoms with van der Waals surface area (Å²) in [6.45, 7) is 5.62. The molecule has 3 heterocycles. The highest BCUT2D eigenvalue weighted by atomic mass is 16.6. The Morgan fingerprint density at radius 3 is 2.78 bits per heavy atom. The minimum atomic E-state index is 0.161. The predicted octanol–water partition coefficient (Wildman–Crippen LogP) is 3.47. The van der Waals surface area contributed by atoms with Crippen LogP contribution in [0.5, 0.6) is 11.8 Å². The number of oxime groups is 1. The van der Waals surface area contributed by atoms with Gasteiger partial charge in [0.2, 0.25) is 5.88 Å². The van der Waals surface area contributed by atoms with Crippen molar-refractivity contribution in [2.75, 3.05) is 13.1 Å². The summed E-state index contributed by atoms with van der Waals surface area (Å²) in [7, 11) is 0. The van der Waals surface area contributed by atoms with Gasteiger partial charge >= 0.3 is 0 Å². The zero-order valence-corrected chi connectivity index (χ0v) is 15.4. The molecule has 0 bridgehead atoms. The number of hydrogen-bond acceptors (Lipinski definition) is 7. The third kappa shape index (κ3) is 3.93. The molecule has 1 aliphatic heterocycles. The van der Waals surface area contributed by atoms with Gasteiger partial charge in [0, 0.05) is 5.39 Å². The normalized spacial score (nSPS) is 15.9. The standard InChI is InChI=1S/C20H22N4O3/c1-13-19(25-16-7-9-21-10-8-16)22-12-23-20(13)27-24-14(2)18-11-15-5-3-4-6-17(15)26-18/h3-6,11-12,16,21H,7-10H2,1-2H3. The molecular formula is C20H22N4O3. The predicted molar refractivity (Wildman–Crippen MR) is 102 cm³/mol. The van der Waals surface area contributed by atoms with E-state index < -0.39 is 0 Å². The average molecular weight is 366 g/mol. The zero-order valence-electron chi connectivity index (χ0n) is 15.4. The van der Waals surface area contributed by atoms with Crippen LogP contribution in [0.25, 0.3) is 11.0 Å². The second kappa shape index (κ2) is 7.75. The molecule has 1 N–H and O–H groups in total. The summed E-state index contributed by atoms with van der Waals surface area (Å²) >= 11 is 0. The van der Waals surface area contributed by atoms with E-state index in [1.807, 2.05) is 44.2 Å². The first-order valence-electron chi connectivity index (χ1n) is 9.10. The molecule has 1 aliphatic rings. The molecule has 3 aromatic rings. The van der Waals surface area contributed by atoms with Gasteiger partial charge in [-0.05, 0) is 51.9 Å². The largest absolute Gasteiger partial charge is 0.474 e. The molecule has 27 heavy (non-hydrogen) atoms. The van der Waals surface area contributed by atoms with Gasteiger partial charge in [0.25, 0.3) is 5.88 Å². The van der Waals surface area contributed by atoms with Crippen molar-refractivity contribution < 1.29 is 14.0 Å². The van der Waals surface area contributed by atoms with Gasteiger partial charge in [-0.25, -0.2) is 4.98 Å². The van der Waals surface area contributed by atoms with Crippen LogP contribution in [-0.2, 0) is 0 Å². The highest BCUT2D eigenvalue weighted by Gasteiger charge is 2.18. The first-order valence-corrected chi connectivity index (χ1v) is 9.10. The number of rotatable bonds is 5. The van der Waals surface area contributed by atoms with Gasteiger partial charge in [-0.15, -0.1) is 0 Å². The lowest BCUT2D eigenvalue weighted by Crippen LogP contribution is -2.34. The molecule has 0 spiro atoms. The molecule has 0 radical (unpaired) electrons. The van der Waals surface area contributed by atoms with Crippen molar-refractivity contribution in [3.05, 3.63) is 48.0 Å². The van der Waals surface area contributed by atoms with Crippen molar-refractivity contribution in [2.45, 2.75) is 32.8 Å². The monoisotopic (exact) mass is 366 g/mol. The van der Waals surface area contributed by atoms with E-state index in [0.29, 0.717) is 23.2 Å². The van der Waals surface area contributed by atoms with Crippen molar-refractivity contribution >= 4 is 16.7 Å². The highest BCUT2D eigenvalue weighted by Crippen LogP contribution is 2.25. The first kappa shape index (κ1) is 17.5. The van der Waals surface area contributed by atoms with Crippen LogP contribution in [-0.4, -0.2) is 34.9 Å². The summed E-state index contributed by atoms with van der Waals surface area (Å²) < 4.78 is 11.8. The quantitative estimate of drug-likeness (QED) is 0.550. The maximum absolute atomic E-state index is 6.02. The SMILES string of the molecule is CC(=NOc1ncnc(OC2CCNCC2)c1C)c1cc2ccccc2o1. The minimum absolute atomic E-state index is 0.161. The Labute approximate surface area is 157 Å². The van der Waals surface area contributed by atoms with E-state index in [4.69, 9.17) is 14.0 Å². The molecule has 0 unspecified atom stereocenters. The molecule has 0 saturated carbocycles. The van der Waals surface area contributed by atoms with Crippen molar-refractivity contribution in [3.8, 4) is 11.8 Å². The van der Waals surface area contributed by atoms with Crippen LogP contribution >= 0.6 is 0 Å². The van der Waals surface area contributed by atoms with Crippen molar-refractivity contribution in [1.82, 2.24) is 15.3 Å². The van der Waals surface area contributed by atoms with Gasteiger partial charge in [0.05, 0.1) is 5.56 Å². The molecule has 0 aliphatic carbocycles. The third-order valence-corrected chi connectivity index (χ3v) is 4.61. The number of piperidine rings is 1. The van der Waals surface area contributed by atoms with Gasteiger partial charge in [-0.2, -0.15) is 4.98 Å². The first-order chi connectivity index (χ1) is 13.2. The van der Waals surface area contributed by atoms with Gasteiger partial charge in [0.1, 0.15) is 23.7 Å². The molecule has 0 atom stereocenters. The van der Waals surface area contributed by atoms with E-state index in [0.717, 1.165) is 42.5 Å². The summed E-state index contributed by atoms with van der Waals surface area (Å²) in [4.78, 5) is 14.0. The zero-order chi connectivity index (χ0) is 18.6. The number of hydrogen-bond donors (Lipinski definition) is 1. The number of fused-ring (bicyclic) bond motifs is 1. The van der Waals surface area contributed by atoms with Crippen LogP contribution < -0.4 is 14.9 Å². The molecule has 7 heteroatoms. The highest BCUT2D eigenvalue weighted by molar-refractivity contribution is 5.99. The Morgan fingerprint density at radius 2 is 1.96 bits per heavy atom. The number of nitrogens with one attached hydrogen (secondary N) is 1. The molecule has 2 aromatic heterocycles. The van der Waals surface area contributed by atoms with E-state index in [-0.39, 0.29) is 6.10 Å². The number of para-hydroxylation sites is 1. The van der Waals surface area contributed by atoms with Gasteiger partial charge in [-0.1, -0.05) is 23.4 Å². The van der Waals surface area contributed by atoms with E-state index in [9.17, 15) is 0 Å². The van der Waals surface area contributed by atoms with Gasteiger partial charge in [-0.3, -0.25) is 0 Å².